The van der Waals surface area contributed by atoms with Crippen LogP contribution in [0, 0.1) is 0 Å². The van der Waals surface area contributed by atoms with Crippen molar-refractivity contribution in [3.63, 3.8) is 0 Å². The van der Waals surface area contributed by atoms with Gasteiger partial charge in [0.15, 0.2) is 5.78 Å². The zero-order valence-corrected chi connectivity index (χ0v) is 12.3. The number of benzene rings is 2. The highest BCUT2D eigenvalue weighted by Gasteiger charge is 2.33. The lowest BCUT2D eigenvalue weighted by Crippen LogP contribution is -2.16. The van der Waals surface area contributed by atoms with Gasteiger partial charge in [0.2, 0.25) is 9.84 Å². The van der Waals surface area contributed by atoms with Crippen molar-refractivity contribution in [3.05, 3.63) is 71.3 Å². The van der Waals surface area contributed by atoms with Gasteiger partial charge in [-0.2, -0.15) is 13.2 Å². The van der Waals surface area contributed by atoms with E-state index in [1.54, 1.807) is 6.07 Å². The summed E-state index contributed by atoms with van der Waals surface area (Å²) in [4.78, 5) is 11.6. The fourth-order valence-electron chi connectivity index (χ4n) is 2.36. The zero-order valence-electron chi connectivity index (χ0n) is 11.5. The van der Waals surface area contributed by atoms with E-state index in [1.165, 1.54) is 18.2 Å². The molecule has 0 spiro atoms. The molecule has 0 N–H and O–H groups in total. The number of carbonyl (C=O) groups excluding carboxylic acids is 1. The van der Waals surface area contributed by atoms with E-state index in [-0.39, 0.29) is 20.9 Å². The van der Waals surface area contributed by atoms with Gasteiger partial charge in [-0.25, -0.2) is 8.42 Å². The van der Waals surface area contributed by atoms with E-state index in [4.69, 9.17) is 0 Å². The molecule has 0 unspecified atom stereocenters. The molecule has 0 amide bonds. The van der Waals surface area contributed by atoms with E-state index in [2.05, 4.69) is 0 Å². The first kappa shape index (κ1) is 15.5. The lowest BCUT2D eigenvalue weighted by molar-refractivity contribution is -0.137. The molecule has 23 heavy (non-hydrogen) atoms. The number of rotatable bonds is 1. The molecule has 0 radical (unpaired) electrons. The highest BCUT2D eigenvalue weighted by molar-refractivity contribution is 8.00. The Hall–Kier alpha value is -2.41. The Morgan fingerprint density at radius 3 is 2.09 bits per heavy atom. The van der Waals surface area contributed by atoms with E-state index < -0.39 is 27.4 Å². The predicted molar refractivity (Wildman–Crippen MR) is 77.4 cm³/mol. The Kier molecular flexibility index (Phi) is 3.40. The second kappa shape index (κ2) is 5.06. The van der Waals surface area contributed by atoms with Crippen LogP contribution >= 0.6 is 0 Å². The minimum atomic E-state index is -4.51. The van der Waals surface area contributed by atoms with Crippen LogP contribution < -0.4 is 0 Å². The second-order valence-corrected chi connectivity index (χ2v) is 6.83. The average molecular weight is 338 g/mol. The number of ketones is 1. The molecule has 0 saturated carbocycles. The number of hydrogen-bond acceptors (Lipinski definition) is 3. The molecule has 0 saturated heterocycles. The van der Waals surface area contributed by atoms with Crippen LogP contribution in [0.3, 0.4) is 0 Å². The maximum absolute atomic E-state index is 12.6. The Balaban J connectivity index is 2.13. The summed E-state index contributed by atoms with van der Waals surface area (Å²) in [6.07, 6.45) is -3.57. The summed E-state index contributed by atoms with van der Waals surface area (Å²) in [5, 5.41) is 0. The van der Waals surface area contributed by atoms with Crippen LogP contribution in [0.2, 0.25) is 0 Å². The van der Waals surface area contributed by atoms with Crippen molar-refractivity contribution in [2.75, 3.05) is 0 Å². The number of fused-ring (bicyclic) bond motifs is 1. The van der Waals surface area contributed by atoms with Gasteiger partial charge in [0.05, 0.1) is 15.4 Å². The van der Waals surface area contributed by atoms with Crippen molar-refractivity contribution < 1.29 is 26.4 Å². The van der Waals surface area contributed by atoms with Gasteiger partial charge in [-0.1, -0.05) is 24.3 Å². The van der Waals surface area contributed by atoms with Crippen LogP contribution in [0.4, 0.5) is 13.2 Å². The van der Waals surface area contributed by atoms with Gasteiger partial charge >= 0.3 is 6.18 Å². The molecule has 2 aromatic rings. The normalized spacial score (nSPS) is 16.7. The third kappa shape index (κ3) is 2.57. The average Bonchev–Trinajstić information content (AvgIpc) is 2.50. The summed E-state index contributed by atoms with van der Waals surface area (Å²) >= 11 is 0. The van der Waals surface area contributed by atoms with E-state index in [0.29, 0.717) is 0 Å². The van der Waals surface area contributed by atoms with Gasteiger partial charge < -0.3 is 0 Å². The van der Waals surface area contributed by atoms with Crippen LogP contribution in [-0.2, 0) is 16.0 Å². The first-order valence-electron chi connectivity index (χ1n) is 6.49. The van der Waals surface area contributed by atoms with Gasteiger partial charge in [0, 0.05) is 11.6 Å². The maximum Gasteiger partial charge on any atom is 0.416 e. The van der Waals surface area contributed by atoms with E-state index >= 15 is 0 Å². The fraction of sp³-hybridized carbons (Fsp3) is 0.0625. The van der Waals surface area contributed by atoms with Crippen molar-refractivity contribution >= 4 is 20.5 Å². The highest BCUT2D eigenvalue weighted by Crippen LogP contribution is 2.36. The van der Waals surface area contributed by atoms with Gasteiger partial charge in [0.1, 0.15) is 0 Å². The molecule has 0 aromatic heterocycles. The topological polar surface area (TPSA) is 51.2 Å². The third-order valence-electron chi connectivity index (χ3n) is 3.49. The summed E-state index contributed by atoms with van der Waals surface area (Å²) in [6.45, 7) is 0. The summed E-state index contributed by atoms with van der Waals surface area (Å²) in [5.41, 5.74) is -0.786. The second-order valence-electron chi connectivity index (χ2n) is 4.95. The Morgan fingerprint density at radius 2 is 1.48 bits per heavy atom. The summed E-state index contributed by atoms with van der Waals surface area (Å²) in [5.74, 6) is -0.495. The van der Waals surface area contributed by atoms with Crippen molar-refractivity contribution in [1.82, 2.24) is 0 Å². The van der Waals surface area contributed by atoms with Crippen molar-refractivity contribution in [2.24, 2.45) is 0 Å². The molecule has 0 fully saturated rings. The van der Waals surface area contributed by atoms with Crippen LogP contribution in [0.25, 0.3) is 4.91 Å². The van der Waals surface area contributed by atoms with E-state index in [0.717, 1.165) is 30.3 Å². The lowest BCUT2D eigenvalue weighted by Gasteiger charge is -2.17. The SMILES string of the molecule is O=C1C=C(c2ccc(C(F)(F)F)cc2)S(=O)(=O)c2ccccc21. The molecule has 1 aliphatic heterocycles. The molecule has 0 atom stereocenters. The standard InChI is InChI=1S/C16H9F3O3S/c17-16(18,19)11-7-5-10(6-8-11)15-9-13(20)12-3-1-2-4-14(12)23(15,21)22/h1-9H. The number of allylic oxidation sites excluding steroid dienone is 1. The quantitative estimate of drug-likeness (QED) is 0.796. The molecular formula is C16H9F3O3S. The molecule has 0 bridgehead atoms. The molecule has 7 heteroatoms. The summed E-state index contributed by atoms with van der Waals surface area (Å²) in [6, 6.07) is 9.41. The molecule has 0 aliphatic carbocycles. The van der Waals surface area contributed by atoms with Gasteiger partial charge in [-0.3, -0.25) is 4.79 Å². The van der Waals surface area contributed by atoms with Crippen molar-refractivity contribution in [2.45, 2.75) is 11.1 Å². The number of halogens is 3. The Morgan fingerprint density at radius 1 is 0.870 bits per heavy atom. The van der Waals surface area contributed by atoms with Crippen molar-refractivity contribution in [1.29, 1.82) is 0 Å². The minimum Gasteiger partial charge on any atom is -0.289 e. The van der Waals surface area contributed by atoms with Gasteiger partial charge in [-0.05, 0) is 29.8 Å². The zero-order chi connectivity index (χ0) is 16.8. The number of sulfone groups is 1. The van der Waals surface area contributed by atoms with Gasteiger partial charge in [-0.15, -0.1) is 0 Å². The highest BCUT2D eigenvalue weighted by atomic mass is 32.2. The largest absolute Gasteiger partial charge is 0.416 e. The van der Waals surface area contributed by atoms with E-state index in [9.17, 15) is 26.4 Å². The minimum absolute atomic E-state index is 0.0425. The molecule has 1 heterocycles. The maximum atomic E-state index is 12.6. The van der Waals surface area contributed by atoms with Crippen LogP contribution in [0.15, 0.2) is 59.5 Å². The Bertz CT molecular complexity index is 924. The van der Waals surface area contributed by atoms with E-state index in [1.807, 2.05) is 0 Å². The molecule has 118 valence electrons. The summed E-state index contributed by atoms with van der Waals surface area (Å²) < 4.78 is 62.9. The first-order valence-corrected chi connectivity index (χ1v) is 7.97. The van der Waals surface area contributed by atoms with Crippen LogP contribution in [0.5, 0.6) is 0 Å². The first-order chi connectivity index (χ1) is 10.7. The fourth-order valence-corrected chi connectivity index (χ4v) is 4.02. The predicted octanol–water partition coefficient (Wildman–Crippen LogP) is 3.72. The Labute approximate surface area is 130 Å². The molecule has 3 rings (SSSR count). The monoisotopic (exact) mass is 338 g/mol. The lowest BCUT2D eigenvalue weighted by atomic mass is 10.1. The number of alkyl halides is 3. The van der Waals surface area contributed by atoms with Crippen molar-refractivity contribution in [3.8, 4) is 0 Å². The molecular weight excluding hydrogens is 329 g/mol. The smallest absolute Gasteiger partial charge is 0.289 e. The summed E-state index contributed by atoms with van der Waals surface area (Å²) in [7, 11) is -3.96. The number of carbonyl (C=O) groups is 1. The molecule has 2 aromatic carbocycles. The molecule has 1 aliphatic rings. The molecule has 3 nitrogen and oxygen atoms in total. The third-order valence-corrected chi connectivity index (χ3v) is 5.36. The van der Waals surface area contributed by atoms with Gasteiger partial charge in [0.25, 0.3) is 0 Å². The van der Waals surface area contributed by atoms with Crippen LogP contribution in [-0.4, -0.2) is 14.2 Å². The number of hydrogen-bond donors (Lipinski definition) is 0. The van der Waals surface area contributed by atoms with Crippen LogP contribution in [0.1, 0.15) is 21.5 Å².